The first-order valence-electron chi connectivity index (χ1n) is 12.6. The van der Waals surface area contributed by atoms with Crippen LogP contribution in [-0.2, 0) is 21.3 Å². The first kappa shape index (κ1) is 27.5. The Morgan fingerprint density at radius 2 is 1.76 bits per heavy atom. The van der Waals surface area contributed by atoms with E-state index in [0.29, 0.717) is 56.1 Å². The quantitative estimate of drug-likeness (QED) is 0.588. The Kier molecular flexibility index (Phi) is 7.73. The zero-order chi connectivity index (χ0) is 27.7. The minimum Gasteiger partial charge on any atom is -0.489 e. The third kappa shape index (κ3) is 6.48. The van der Waals surface area contributed by atoms with Crippen molar-refractivity contribution in [2.75, 3.05) is 37.3 Å². The largest absolute Gasteiger partial charge is 0.489 e. The van der Waals surface area contributed by atoms with Gasteiger partial charge in [0.15, 0.2) is 0 Å². The van der Waals surface area contributed by atoms with Gasteiger partial charge in [-0.2, -0.15) is 0 Å². The summed E-state index contributed by atoms with van der Waals surface area (Å²) in [5, 5.41) is 2.81. The SMILES string of the molecule is CN(c1ccc(C2=C(COc3ccc4c(c3)C(=O)NC4)CCN(C(=O)OC(C)(C)C)CC2)cc1)S(C)(=O)=O. The third-order valence-electron chi connectivity index (χ3n) is 6.65. The molecule has 0 saturated heterocycles. The fourth-order valence-corrected chi connectivity index (χ4v) is 4.99. The van der Waals surface area contributed by atoms with E-state index in [2.05, 4.69) is 5.32 Å². The van der Waals surface area contributed by atoms with E-state index in [-0.39, 0.29) is 12.0 Å². The molecular weight excluding hydrogens is 506 g/mol. The Bertz CT molecular complexity index is 1360. The molecule has 38 heavy (non-hydrogen) atoms. The van der Waals surface area contributed by atoms with Crippen LogP contribution in [0, 0.1) is 0 Å². The van der Waals surface area contributed by atoms with Crippen LogP contribution in [0.1, 0.15) is 55.1 Å². The van der Waals surface area contributed by atoms with Gasteiger partial charge in [0.25, 0.3) is 5.91 Å². The van der Waals surface area contributed by atoms with Gasteiger partial charge in [-0.15, -0.1) is 0 Å². The van der Waals surface area contributed by atoms with Gasteiger partial charge in [-0.05, 0) is 80.2 Å². The second kappa shape index (κ2) is 10.7. The molecule has 1 N–H and O–H groups in total. The molecule has 0 aromatic heterocycles. The highest BCUT2D eigenvalue weighted by Crippen LogP contribution is 2.31. The third-order valence-corrected chi connectivity index (χ3v) is 7.85. The molecule has 0 unspecified atom stereocenters. The van der Waals surface area contributed by atoms with Crippen molar-refractivity contribution in [2.45, 2.75) is 45.8 Å². The summed E-state index contributed by atoms with van der Waals surface area (Å²) < 4.78 is 36.9. The summed E-state index contributed by atoms with van der Waals surface area (Å²) in [7, 11) is -1.86. The molecule has 0 radical (unpaired) electrons. The number of sulfonamides is 1. The van der Waals surface area contributed by atoms with E-state index in [4.69, 9.17) is 9.47 Å². The van der Waals surface area contributed by atoms with Crippen molar-refractivity contribution in [1.82, 2.24) is 10.2 Å². The Morgan fingerprint density at radius 1 is 1.08 bits per heavy atom. The van der Waals surface area contributed by atoms with E-state index in [0.717, 1.165) is 28.5 Å². The van der Waals surface area contributed by atoms with Crippen LogP contribution in [0.3, 0.4) is 0 Å². The van der Waals surface area contributed by atoms with Crippen LogP contribution in [0.25, 0.3) is 5.57 Å². The molecule has 9 nitrogen and oxygen atoms in total. The number of rotatable bonds is 6. The van der Waals surface area contributed by atoms with Crippen LogP contribution in [-0.4, -0.2) is 63.9 Å². The lowest BCUT2D eigenvalue weighted by Crippen LogP contribution is -2.37. The van der Waals surface area contributed by atoms with E-state index in [9.17, 15) is 18.0 Å². The Morgan fingerprint density at radius 3 is 2.42 bits per heavy atom. The van der Waals surface area contributed by atoms with Crippen molar-refractivity contribution in [3.05, 3.63) is 64.7 Å². The van der Waals surface area contributed by atoms with Gasteiger partial charge in [-0.3, -0.25) is 9.10 Å². The van der Waals surface area contributed by atoms with E-state index in [1.165, 1.54) is 11.4 Å². The highest BCUT2D eigenvalue weighted by molar-refractivity contribution is 7.92. The molecule has 0 bridgehead atoms. The first-order chi connectivity index (χ1) is 17.8. The first-order valence-corrected chi connectivity index (χ1v) is 14.4. The maximum Gasteiger partial charge on any atom is 0.410 e. The molecule has 10 heteroatoms. The van der Waals surface area contributed by atoms with Gasteiger partial charge in [0.05, 0.1) is 11.9 Å². The number of benzene rings is 2. The summed E-state index contributed by atoms with van der Waals surface area (Å²) in [6, 6.07) is 12.9. The van der Waals surface area contributed by atoms with Gasteiger partial charge in [-0.1, -0.05) is 18.2 Å². The van der Waals surface area contributed by atoms with Crippen LogP contribution >= 0.6 is 0 Å². The van der Waals surface area contributed by atoms with E-state index in [1.807, 2.05) is 45.0 Å². The lowest BCUT2D eigenvalue weighted by Gasteiger charge is -2.26. The maximum atomic E-state index is 12.8. The van der Waals surface area contributed by atoms with Crippen LogP contribution in [0.15, 0.2) is 48.0 Å². The lowest BCUT2D eigenvalue weighted by molar-refractivity contribution is 0.0259. The maximum absolute atomic E-state index is 12.8. The lowest BCUT2D eigenvalue weighted by atomic mass is 9.96. The summed E-state index contributed by atoms with van der Waals surface area (Å²) in [6.45, 7) is 7.32. The zero-order valence-corrected chi connectivity index (χ0v) is 23.4. The number of carbonyl (C=O) groups is 2. The van der Waals surface area contributed by atoms with Gasteiger partial charge in [0, 0.05) is 32.2 Å². The number of nitrogens with zero attached hydrogens (tertiary/aromatic N) is 2. The normalized spacial score (nSPS) is 16.0. The number of ether oxygens (including phenoxy) is 2. The summed E-state index contributed by atoms with van der Waals surface area (Å²) in [5.41, 5.74) is 4.56. The van der Waals surface area contributed by atoms with Crippen molar-refractivity contribution in [3.8, 4) is 5.75 Å². The smallest absolute Gasteiger partial charge is 0.410 e. The molecule has 0 fully saturated rings. The predicted molar refractivity (Wildman–Crippen MR) is 147 cm³/mol. The molecule has 0 atom stereocenters. The molecule has 2 aliphatic rings. The molecule has 0 spiro atoms. The number of nitrogens with one attached hydrogen (secondary N) is 1. The van der Waals surface area contributed by atoms with Gasteiger partial charge >= 0.3 is 6.09 Å². The van der Waals surface area contributed by atoms with E-state index < -0.39 is 15.6 Å². The molecule has 2 amide bonds. The molecule has 0 aliphatic carbocycles. The van der Waals surface area contributed by atoms with Gasteiger partial charge < -0.3 is 19.7 Å². The summed E-state index contributed by atoms with van der Waals surface area (Å²) >= 11 is 0. The number of carbonyl (C=O) groups excluding carboxylic acids is 2. The highest BCUT2D eigenvalue weighted by Gasteiger charge is 2.26. The average molecular weight is 542 g/mol. The van der Waals surface area contributed by atoms with Crippen molar-refractivity contribution in [3.63, 3.8) is 0 Å². The minimum atomic E-state index is -3.37. The standard InChI is InChI=1S/C28H35N3O6S/c1-28(2,3)37-27(33)31-14-12-21(18-36-23-11-8-20-17-29-26(32)25(20)16-23)24(13-15-31)19-6-9-22(10-7-19)30(4)38(5,34)35/h6-11,16H,12-15,17-18H2,1-5H3,(H,29,32). The fraction of sp³-hybridized carbons (Fsp3) is 0.429. The zero-order valence-electron chi connectivity index (χ0n) is 22.5. The van der Waals surface area contributed by atoms with Gasteiger partial charge in [-0.25, -0.2) is 13.2 Å². The fourth-order valence-electron chi connectivity index (χ4n) is 4.49. The van der Waals surface area contributed by atoms with Crippen molar-refractivity contribution < 1.29 is 27.5 Å². The molecule has 4 rings (SSSR count). The number of fused-ring (bicyclic) bond motifs is 1. The number of hydrogen-bond acceptors (Lipinski definition) is 6. The van der Waals surface area contributed by atoms with Crippen LogP contribution in [0.5, 0.6) is 5.75 Å². The van der Waals surface area contributed by atoms with Gasteiger partial charge in [0.1, 0.15) is 18.0 Å². The molecule has 2 heterocycles. The van der Waals surface area contributed by atoms with Crippen LogP contribution in [0.4, 0.5) is 10.5 Å². The molecule has 2 aliphatic heterocycles. The van der Waals surface area contributed by atoms with Crippen LogP contribution < -0.4 is 14.4 Å². The topological polar surface area (TPSA) is 105 Å². The molecule has 204 valence electrons. The summed E-state index contributed by atoms with van der Waals surface area (Å²) in [4.78, 5) is 26.6. The second-order valence-electron chi connectivity index (χ2n) is 10.6. The van der Waals surface area contributed by atoms with Crippen molar-refractivity contribution in [2.24, 2.45) is 0 Å². The summed E-state index contributed by atoms with van der Waals surface area (Å²) in [6.07, 6.45) is 1.99. The number of anilines is 1. The number of amides is 2. The van der Waals surface area contributed by atoms with Crippen molar-refractivity contribution >= 4 is 33.3 Å². The Balaban J connectivity index is 1.59. The van der Waals surface area contributed by atoms with E-state index >= 15 is 0 Å². The average Bonchev–Trinajstić information content (AvgIpc) is 3.07. The molecular formula is C28H35N3O6S. The Labute approximate surface area is 224 Å². The van der Waals surface area contributed by atoms with E-state index in [1.54, 1.807) is 23.1 Å². The minimum absolute atomic E-state index is 0.105. The molecule has 0 saturated carbocycles. The summed E-state index contributed by atoms with van der Waals surface area (Å²) in [5.74, 6) is 0.498. The molecule has 2 aromatic carbocycles. The predicted octanol–water partition coefficient (Wildman–Crippen LogP) is 4.19. The van der Waals surface area contributed by atoms with Crippen molar-refractivity contribution in [1.29, 1.82) is 0 Å². The van der Waals surface area contributed by atoms with Crippen LogP contribution in [0.2, 0.25) is 0 Å². The van der Waals surface area contributed by atoms with Gasteiger partial charge in [0.2, 0.25) is 10.0 Å². The monoisotopic (exact) mass is 541 g/mol. The highest BCUT2D eigenvalue weighted by atomic mass is 32.2. The molecule has 2 aromatic rings. The number of hydrogen-bond donors (Lipinski definition) is 1. The second-order valence-corrected chi connectivity index (χ2v) is 12.6. The Hall–Kier alpha value is -3.53.